The Kier molecular flexibility index (Phi) is 11.8. The van der Waals surface area contributed by atoms with Crippen molar-refractivity contribution in [1.29, 1.82) is 0 Å². The summed E-state index contributed by atoms with van der Waals surface area (Å²) < 4.78 is 125. The summed E-state index contributed by atoms with van der Waals surface area (Å²) in [6, 6.07) is 8.72. The van der Waals surface area contributed by atoms with Crippen molar-refractivity contribution in [2.75, 3.05) is 7.05 Å². The average Bonchev–Trinajstić information content (AvgIpc) is 2.95. The van der Waals surface area contributed by atoms with Gasteiger partial charge in [0.15, 0.2) is 9.84 Å². The summed E-state index contributed by atoms with van der Waals surface area (Å²) in [5.74, 6) is -0.701. The molecular weight excluding hydrogens is 608 g/mol. The van der Waals surface area contributed by atoms with E-state index in [0.717, 1.165) is 24.3 Å². The second-order valence-electron chi connectivity index (χ2n) is 9.63. The lowest BCUT2D eigenvalue weighted by atomic mass is 9.94. The van der Waals surface area contributed by atoms with Gasteiger partial charge in [0.2, 0.25) is 0 Å². The first-order valence-electron chi connectivity index (χ1n) is 12.8. The third-order valence-electron chi connectivity index (χ3n) is 6.74. The molecule has 236 valence electrons. The molecule has 5 nitrogen and oxygen atoms in total. The Balaban J connectivity index is 0.000000344. The van der Waals surface area contributed by atoms with E-state index in [1.807, 2.05) is 0 Å². The van der Waals surface area contributed by atoms with E-state index in [1.165, 1.54) is 24.3 Å². The zero-order chi connectivity index (χ0) is 32.6. The van der Waals surface area contributed by atoms with Gasteiger partial charge < -0.3 is 5.32 Å². The second-order valence-corrected chi connectivity index (χ2v) is 11.9. The van der Waals surface area contributed by atoms with Crippen LogP contribution in [0.1, 0.15) is 38.2 Å². The number of amides is 1. The number of allylic oxidation sites excluding steroid dienone is 1. The minimum absolute atomic E-state index is 0.0839. The first-order valence-corrected chi connectivity index (χ1v) is 14.4. The van der Waals surface area contributed by atoms with Gasteiger partial charge in [-0.1, -0.05) is 43.0 Å². The van der Waals surface area contributed by atoms with Gasteiger partial charge in [0.25, 0.3) is 5.91 Å². The van der Waals surface area contributed by atoms with Gasteiger partial charge >= 0.3 is 18.0 Å². The standard InChI is InChI=1S/C20H25FN2O3S.C9H5F7/c1-4-15(13-14(2)22-3)20(24)23-17-7-11-19(12-8-17)27(25,26)18-9-5-16(21)6-10-18;10-7(8(11,12)13,9(14,15)16)6-4-2-1-3-5-6/h4-6,9-10,13,17,19H,1,7-8,11-12H2,2-3H3,(H,23,24);1-5H/b15-13+,22-14?;. The number of aliphatic imine (C=N–C) groups is 1. The fourth-order valence-electron chi connectivity index (χ4n) is 4.27. The summed E-state index contributed by atoms with van der Waals surface area (Å²) in [6.07, 6.45) is -6.91. The van der Waals surface area contributed by atoms with Crippen LogP contribution in [-0.4, -0.2) is 50.7 Å². The van der Waals surface area contributed by atoms with Gasteiger partial charge in [0.05, 0.1) is 10.1 Å². The molecular formula is C29H30F8N2O3S. The Labute approximate surface area is 244 Å². The van der Waals surface area contributed by atoms with Crippen LogP contribution in [0.2, 0.25) is 0 Å². The summed E-state index contributed by atoms with van der Waals surface area (Å²) in [5.41, 5.74) is -5.66. The lowest BCUT2D eigenvalue weighted by Crippen LogP contribution is -2.50. The van der Waals surface area contributed by atoms with Crippen molar-refractivity contribution >= 4 is 21.5 Å². The van der Waals surface area contributed by atoms with Crippen LogP contribution in [0.4, 0.5) is 35.1 Å². The molecule has 1 aliphatic rings. The number of nitrogens with one attached hydrogen (secondary N) is 1. The SMILES string of the molecule is C=C/C(=C\C(C)=NC)C(=O)NC1CCC(S(=O)(=O)c2ccc(F)cc2)CC1.FC(F)(F)C(F)(c1ccccc1)C(F)(F)F. The lowest BCUT2D eigenvalue weighted by molar-refractivity contribution is -0.348. The summed E-state index contributed by atoms with van der Waals surface area (Å²) in [6.45, 7) is 5.45. The van der Waals surface area contributed by atoms with Crippen LogP contribution in [0.25, 0.3) is 0 Å². The fourth-order valence-corrected chi connectivity index (χ4v) is 6.06. The monoisotopic (exact) mass is 638 g/mol. The summed E-state index contributed by atoms with van der Waals surface area (Å²) in [5, 5.41) is 2.43. The number of alkyl halides is 7. The van der Waals surface area contributed by atoms with E-state index in [2.05, 4.69) is 16.9 Å². The van der Waals surface area contributed by atoms with Crippen molar-refractivity contribution < 1.29 is 48.3 Å². The molecule has 3 rings (SSSR count). The van der Waals surface area contributed by atoms with Crippen LogP contribution in [0.5, 0.6) is 0 Å². The van der Waals surface area contributed by atoms with Crippen LogP contribution in [-0.2, 0) is 20.3 Å². The highest BCUT2D eigenvalue weighted by atomic mass is 32.2. The van der Waals surface area contributed by atoms with Gasteiger partial charge in [-0.3, -0.25) is 9.79 Å². The quantitative estimate of drug-likeness (QED) is 0.115. The molecule has 1 fully saturated rings. The molecule has 1 N–H and O–H groups in total. The number of hydrogen-bond acceptors (Lipinski definition) is 4. The van der Waals surface area contributed by atoms with E-state index in [0.29, 0.717) is 49.1 Å². The van der Waals surface area contributed by atoms with E-state index in [9.17, 15) is 48.3 Å². The lowest BCUT2D eigenvalue weighted by Gasteiger charge is -2.30. The largest absolute Gasteiger partial charge is 0.435 e. The van der Waals surface area contributed by atoms with E-state index in [-0.39, 0.29) is 16.8 Å². The van der Waals surface area contributed by atoms with Crippen molar-refractivity contribution in [3.05, 3.63) is 90.3 Å². The normalized spacial score (nSPS) is 18.7. The molecule has 0 aromatic heterocycles. The smallest absolute Gasteiger partial charge is 0.349 e. The average molecular weight is 639 g/mol. The minimum Gasteiger partial charge on any atom is -0.349 e. The molecule has 43 heavy (non-hydrogen) atoms. The van der Waals surface area contributed by atoms with Crippen LogP contribution >= 0.6 is 0 Å². The molecule has 0 unspecified atom stereocenters. The maximum absolute atomic E-state index is 13.3. The van der Waals surface area contributed by atoms with Gasteiger partial charge in [-0.05, 0) is 62.9 Å². The third-order valence-corrected chi connectivity index (χ3v) is 9.02. The van der Waals surface area contributed by atoms with Crippen molar-refractivity contribution in [3.8, 4) is 0 Å². The van der Waals surface area contributed by atoms with E-state index >= 15 is 0 Å². The maximum Gasteiger partial charge on any atom is 0.435 e. The highest BCUT2D eigenvalue weighted by Gasteiger charge is 2.73. The van der Waals surface area contributed by atoms with Crippen LogP contribution in [0, 0.1) is 5.82 Å². The molecule has 14 heteroatoms. The zero-order valence-electron chi connectivity index (χ0n) is 23.1. The topological polar surface area (TPSA) is 75.6 Å². The molecule has 2 aromatic carbocycles. The summed E-state index contributed by atoms with van der Waals surface area (Å²) >= 11 is 0. The second kappa shape index (κ2) is 14.3. The Morgan fingerprint density at radius 3 is 1.86 bits per heavy atom. The molecule has 0 saturated heterocycles. The Morgan fingerprint density at radius 2 is 1.42 bits per heavy atom. The summed E-state index contributed by atoms with van der Waals surface area (Å²) in [7, 11) is -1.85. The van der Waals surface area contributed by atoms with Crippen LogP contribution in [0.15, 0.2) is 88.8 Å². The number of benzene rings is 2. The Morgan fingerprint density at radius 1 is 0.907 bits per heavy atom. The molecule has 0 spiro atoms. The maximum atomic E-state index is 13.3. The van der Waals surface area contributed by atoms with E-state index < -0.39 is 44.5 Å². The van der Waals surface area contributed by atoms with Gasteiger partial charge in [-0.15, -0.1) is 0 Å². The van der Waals surface area contributed by atoms with Crippen molar-refractivity contribution in [1.82, 2.24) is 5.32 Å². The van der Waals surface area contributed by atoms with Gasteiger partial charge in [-0.25, -0.2) is 17.2 Å². The van der Waals surface area contributed by atoms with Crippen LogP contribution < -0.4 is 5.32 Å². The Hall–Kier alpha value is -3.55. The first kappa shape index (κ1) is 35.6. The summed E-state index contributed by atoms with van der Waals surface area (Å²) in [4.78, 5) is 16.5. The minimum atomic E-state index is -6.05. The molecule has 1 aliphatic carbocycles. The molecule has 1 saturated carbocycles. The highest BCUT2D eigenvalue weighted by Crippen LogP contribution is 2.53. The highest BCUT2D eigenvalue weighted by molar-refractivity contribution is 7.92. The number of nitrogens with zero attached hydrogens (tertiary/aromatic N) is 1. The number of carbonyl (C=O) groups is 1. The molecule has 0 heterocycles. The zero-order valence-corrected chi connectivity index (χ0v) is 24.0. The molecule has 0 radical (unpaired) electrons. The predicted molar refractivity (Wildman–Crippen MR) is 146 cm³/mol. The number of carbonyl (C=O) groups excluding carboxylic acids is 1. The van der Waals surface area contributed by atoms with Crippen molar-refractivity contribution in [2.45, 2.75) is 66.8 Å². The van der Waals surface area contributed by atoms with E-state index in [1.54, 1.807) is 20.0 Å². The fraction of sp³-hybridized carbons (Fsp3) is 0.379. The number of halogens is 8. The third kappa shape index (κ3) is 8.74. The van der Waals surface area contributed by atoms with Crippen LogP contribution in [0.3, 0.4) is 0 Å². The predicted octanol–water partition coefficient (Wildman–Crippen LogP) is 7.21. The molecule has 1 amide bonds. The van der Waals surface area contributed by atoms with Gasteiger partial charge in [-0.2, -0.15) is 26.3 Å². The molecule has 2 aromatic rings. The first-order chi connectivity index (χ1) is 19.9. The molecule has 0 bridgehead atoms. The van der Waals surface area contributed by atoms with Gasteiger partial charge in [0.1, 0.15) is 5.82 Å². The molecule has 0 atom stereocenters. The van der Waals surface area contributed by atoms with Crippen molar-refractivity contribution in [2.24, 2.45) is 4.99 Å². The van der Waals surface area contributed by atoms with Crippen molar-refractivity contribution in [3.63, 3.8) is 0 Å². The van der Waals surface area contributed by atoms with Gasteiger partial charge in [0, 0.05) is 29.9 Å². The van der Waals surface area contributed by atoms with E-state index in [4.69, 9.17) is 0 Å². The number of hydrogen-bond donors (Lipinski definition) is 1. The Bertz CT molecular complexity index is 1400. The number of rotatable bonds is 7. The molecule has 0 aliphatic heterocycles. The number of sulfone groups is 1.